The molecule has 1 heterocycles. The second-order valence-corrected chi connectivity index (χ2v) is 5.03. The monoisotopic (exact) mass is 304 g/mol. The third-order valence-electron chi connectivity index (χ3n) is 3.00. The highest BCUT2D eigenvalue weighted by atomic mass is 35.5. The van der Waals surface area contributed by atoms with E-state index in [4.69, 9.17) is 23.2 Å². The SMILES string of the molecule is CC1C(=O)NCCN1C(=O)c1cc(F)c(Cl)cc1Cl. The first-order chi connectivity index (χ1) is 8.91. The summed E-state index contributed by atoms with van der Waals surface area (Å²) < 4.78 is 13.4. The van der Waals surface area contributed by atoms with Crippen LogP contribution in [0.25, 0.3) is 0 Å². The van der Waals surface area contributed by atoms with Gasteiger partial charge in [-0.3, -0.25) is 9.59 Å². The standard InChI is InChI=1S/C12H11Cl2FN2O2/c1-6-11(18)16-2-3-17(6)12(19)7-4-10(15)9(14)5-8(7)13/h4-6H,2-3H2,1H3,(H,16,18). The molecule has 4 nitrogen and oxygen atoms in total. The Morgan fingerprint density at radius 3 is 2.79 bits per heavy atom. The molecule has 0 aromatic heterocycles. The Balaban J connectivity index is 2.34. The maximum Gasteiger partial charge on any atom is 0.256 e. The zero-order valence-electron chi connectivity index (χ0n) is 10.0. The fourth-order valence-corrected chi connectivity index (χ4v) is 2.37. The molecule has 0 aliphatic carbocycles. The number of rotatable bonds is 1. The lowest BCUT2D eigenvalue weighted by molar-refractivity contribution is -0.127. The van der Waals surface area contributed by atoms with Gasteiger partial charge in [-0.1, -0.05) is 23.2 Å². The zero-order valence-corrected chi connectivity index (χ0v) is 11.6. The van der Waals surface area contributed by atoms with Crippen LogP contribution in [-0.4, -0.2) is 35.8 Å². The van der Waals surface area contributed by atoms with Gasteiger partial charge >= 0.3 is 0 Å². The average molecular weight is 305 g/mol. The largest absolute Gasteiger partial charge is 0.353 e. The van der Waals surface area contributed by atoms with Crippen molar-refractivity contribution in [3.8, 4) is 0 Å². The van der Waals surface area contributed by atoms with Gasteiger partial charge in [0.2, 0.25) is 5.91 Å². The number of hydrogen-bond donors (Lipinski definition) is 1. The minimum Gasteiger partial charge on any atom is -0.353 e. The van der Waals surface area contributed by atoms with Crippen LogP contribution < -0.4 is 5.32 Å². The van der Waals surface area contributed by atoms with E-state index in [1.54, 1.807) is 6.92 Å². The minimum atomic E-state index is -0.719. The van der Waals surface area contributed by atoms with Crippen LogP contribution in [0.3, 0.4) is 0 Å². The van der Waals surface area contributed by atoms with Crippen LogP contribution in [0, 0.1) is 5.82 Å². The van der Waals surface area contributed by atoms with Crippen LogP contribution in [-0.2, 0) is 4.79 Å². The summed E-state index contributed by atoms with van der Waals surface area (Å²) in [6, 6.07) is 1.56. The Hall–Kier alpha value is -1.33. The van der Waals surface area contributed by atoms with Gasteiger partial charge in [-0.25, -0.2) is 4.39 Å². The van der Waals surface area contributed by atoms with E-state index >= 15 is 0 Å². The molecule has 1 aromatic rings. The minimum absolute atomic E-state index is 0.00474. The summed E-state index contributed by atoms with van der Waals surface area (Å²) >= 11 is 11.5. The molecule has 1 atom stereocenters. The molecule has 0 radical (unpaired) electrons. The first-order valence-corrected chi connectivity index (χ1v) is 6.40. The highest BCUT2D eigenvalue weighted by Crippen LogP contribution is 2.26. The van der Waals surface area contributed by atoms with Crippen LogP contribution in [0.2, 0.25) is 10.0 Å². The quantitative estimate of drug-likeness (QED) is 0.808. The number of carbonyl (C=O) groups excluding carboxylic acids is 2. The predicted molar refractivity (Wildman–Crippen MR) is 69.9 cm³/mol. The van der Waals surface area contributed by atoms with E-state index in [9.17, 15) is 14.0 Å². The number of carbonyl (C=O) groups is 2. The summed E-state index contributed by atoms with van der Waals surface area (Å²) in [5.41, 5.74) is 0.00474. The van der Waals surface area contributed by atoms with Gasteiger partial charge in [0.05, 0.1) is 15.6 Å². The molecule has 1 unspecified atom stereocenters. The highest BCUT2D eigenvalue weighted by molar-refractivity contribution is 6.36. The first-order valence-electron chi connectivity index (χ1n) is 5.65. The normalized spacial score (nSPS) is 19.3. The van der Waals surface area contributed by atoms with Crippen molar-refractivity contribution in [2.75, 3.05) is 13.1 Å². The molecule has 0 spiro atoms. The summed E-state index contributed by atoms with van der Waals surface area (Å²) in [5.74, 6) is -1.45. The fraction of sp³-hybridized carbons (Fsp3) is 0.333. The molecule has 1 N–H and O–H groups in total. The Labute approximate surface area is 119 Å². The Morgan fingerprint density at radius 1 is 1.42 bits per heavy atom. The Morgan fingerprint density at radius 2 is 2.11 bits per heavy atom. The van der Waals surface area contributed by atoms with Gasteiger partial charge in [-0.05, 0) is 19.1 Å². The van der Waals surface area contributed by atoms with Gasteiger partial charge in [0.25, 0.3) is 5.91 Å². The van der Waals surface area contributed by atoms with Crippen LogP contribution in [0.1, 0.15) is 17.3 Å². The lowest BCUT2D eigenvalue weighted by Gasteiger charge is -2.33. The third kappa shape index (κ3) is 2.67. The van der Waals surface area contributed by atoms with Gasteiger partial charge in [0.1, 0.15) is 11.9 Å². The molecule has 1 aliphatic heterocycles. The summed E-state index contributed by atoms with van der Waals surface area (Å²) in [6.07, 6.45) is 0. The van der Waals surface area contributed by atoms with Gasteiger partial charge in [-0.2, -0.15) is 0 Å². The molecule has 2 amide bonds. The van der Waals surface area contributed by atoms with Gasteiger partial charge in [0.15, 0.2) is 0 Å². The number of hydrogen-bond acceptors (Lipinski definition) is 2. The molecule has 7 heteroatoms. The van der Waals surface area contributed by atoms with Crippen molar-refractivity contribution < 1.29 is 14.0 Å². The second-order valence-electron chi connectivity index (χ2n) is 4.21. The summed E-state index contributed by atoms with van der Waals surface area (Å²) in [4.78, 5) is 25.2. The van der Waals surface area contributed by atoms with Crippen molar-refractivity contribution in [1.29, 1.82) is 0 Å². The van der Waals surface area contributed by atoms with Crippen molar-refractivity contribution in [2.24, 2.45) is 0 Å². The van der Waals surface area contributed by atoms with Gasteiger partial charge in [-0.15, -0.1) is 0 Å². The number of halogens is 3. The maximum absolute atomic E-state index is 13.4. The van der Waals surface area contributed by atoms with Crippen molar-refractivity contribution >= 4 is 35.0 Å². The topological polar surface area (TPSA) is 49.4 Å². The molecule has 1 saturated heterocycles. The molecule has 1 fully saturated rings. The molecule has 102 valence electrons. The van der Waals surface area contributed by atoms with Crippen LogP contribution in [0.5, 0.6) is 0 Å². The number of nitrogens with zero attached hydrogens (tertiary/aromatic N) is 1. The van der Waals surface area contributed by atoms with Crippen molar-refractivity contribution in [3.05, 3.63) is 33.6 Å². The number of piperazine rings is 1. The van der Waals surface area contributed by atoms with Crippen LogP contribution >= 0.6 is 23.2 Å². The van der Waals surface area contributed by atoms with Crippen molar-refractivity contribution in [2.45, 2.75) is 13.0 Å². The van der Waals surface area contributed by atoms with Gasteiger partial charge < -0.3 is 10.2 Å². The van der Waals surface area contributed by atoms with E-state index in [-0.39, 0.29) is 21.5 Å². The molecule has 0 saturated carbocycles. The maximum atomic E-state index is 13.4. The summed E-state index contributed by atoms with van der Waals surface area (Å²) in [5, 5.41) is 2.56. The summed E-state index contributed by atoms with van der Waals surface area (Å²) in [6.45, 7) is 2.32. The molecule has 2 rings (SSSR count). The van der Waals surface area contributed by atoms with Crippen LogP contribution in [0.15, 0.2) is 12.1 Å². The predicted octanol–water partition coefficient (Wildman–Crippen LogP) is 2.09. The van der Waals surface area contributed by atoms with Gasteiger partial charge in [0, 0.05) is 13.1 Å². The molecule has 19 heavy (non-hydrogen) atoms. The third-order valence-corrected chi connectivity index (χ3v) is 3.60. The van der Waals surface area contributed by atoms with E-state index < -0.39 is 17.8 Å². The Bertz CT molecular complexity index is 551. The lowest BCUT2D eigenvalue weighted by Crippen LogP contribution is -2.55. The van der Waals surface area contributed by atoms with E-state index in [1.807, 2.05) is 0 Å². The molecule has 0 bridgehead atoms. The zero-order chi connectivity index (χ0) is 14.2. The second kappa shape index (κ2) is 5.35. The fourth-order valence-electron chi connectivity index (χ4n) is 1.90. The molecular weight excluding hydrogens is 294 g/mol. The molecule has 1 aliphatic rings. The van der Waals surface area contributed by atoms with Crippen molar-refractivity contribution in [1.82, 2.24) is 10.2 Å². The van der Waals surface area contributed by atoms with E-state index in [1.165, 1.54) is 11.0 Å². The number of nitrogens with one attached hydrogen (secondary N) is 1. The first kappa shape index (κ1) is 14.1. The van der Waals surface area contributed by atoms with E-state index in [0.29, 0.717) is 13.1 Å². The van der Waals surface area contributed by atoms with Crippen molar-refractivity contribution in [3.63, 3.8) is 0 Å². The molecular formula is C12H11Cl2FN2O2. The van der Waals surface area contributed by atoms with E-state index in [0.717, 1.165) is 6.07 Å². The average Bonchev–Trinajstić information content (AvgIpc) is 2.36. The number of benzene rings is 1. The smallest absolute Gasteiger partial charge is 0.256 e. The number of amides is 2. The lowest BCUT2D eigenvalue weighted by atomic mass is 10.1. The summed E-state index contributed by atoms with van der Waals surface area (Å²) in [7, 11) is 0. The Kier molecular flexibility index (Phi) is 3.96. The van der Waals surface area contributed by atoms with E-state index in [2.05, 4.69) is 5.32 Å². The highest BCUT2D eigenvalue weighted by Gasteiger charge is 2.31. The van der Waals surface area contributed by atoms with Crippen LogP contribution in [0.4, 0.5) is 4.39 Å². The molecule has 1 aromatic carbocycles.